The van der Waals surface area contributed by atoms with Gasteiger partial charge in [0.15, 0.2) is 0 Å². The van der Waals surface area contributed by atoms with E-state index >= 15 is 0 Å². The van der Waals surface area contributed by atoms with E-state index in [2.05, 4.69) is 5.32 Å². The molecule has 0 saturated carbocycles. The standard InChI is InChI=1S/C14H9Cl2N3O2/c15-11-2-1-3-12(13(11)16)18-14(20)19(21)10-6-4-9(8-17)5-7-10/h1-7,21H,(H,18,20). The highest BCUT2D eigenvalue weighted by Gasteiger charge is 2.15. The van der Waals surface area contributed by atoms with Crippen molar-refractivity contribution in [2.75, 3.05) is 10.4 Å². The summed E-state index contributed by atoms with van der Waals surface area (Å²) in [7, 11) is 0. The summed E-state index contributed by atoms with van der Waals surface area (Å²) in [6, 6.07) is 11.7. The number of rotatable bonds is 2. The number of hydrogen-bond donors (Lipinski definition) is 2. The van der Waals surface area contributed by atoms with E-state index in [4.69, 9.17) is 28.5 Å². The van der Waals surface area contributed by atoms with Crippen molar-refractivity contribution in [2.24, 2.45) is 0 Å². The molecule has 0 fully saturated rings. The number of benzene rings is 2. The number of hydrogen-bond acceptors (Lipinski definition) is 3. The summed E-state index contributed by atoms with van der Waals surface area (Å²) in [4.78, 5) is 11.9. The number of hydroxylamine groups is 1. The predicted molar refractivity (Wildman–Crippen MR) is 80.9 cm³/mol. The molecule has 0 aliphatic rings. The summed E-state index contributed by atoms with van der Waals surface area (Å²) in [6.45, 7) is 0. The third-order valence-corrected chi connectivity index (χ3v) is 3.45. The van der Waals surface area contributed by atoms with E-state index in [9.17, 15) is 10.0 Å². The molecule has 21 heavy (non-hydrogen) atoms. The molecule has 7 heteroatoms. The van der Waals surface area contributed by atoms with Crippen molar-refractivity contribution in [1.82, 2.24) is 0 Å². The maximum absolute atomic E-state index is 11.9. The van der Waals surface area contributed by atoms with Gasteiger partial charge >= 0.3 is 6.03 Å². The molecular weight excluding hydrogens is 313 g/mol. The van der Waals surface area contributed by atoms with E-state index in [1.807, 2.05) is 6.07 Å². The molecule has 2 aromatic rings. The lowest BCUT2D eigenvalue weighted by Gasteiger charge is -2.16. The molecule has 0 aliphatic heterocycles. The number of nitrogens with zero attached hydrogens (tertiary/aromatic N) is 2. The second kappa shape index (κ2) is 6.46. The SMILES string of the molecule is N#Cc1ccc(N(O)C(=O)Nc2cccc(Cl)c2Cl)cc1. The predicted octanol–water partition coefficient (Wildman–Crippen LogP) is 4.29. The fraction of sp³-hybridized carbons (Fsp3) is 0. The zero-order valence-electron chi connectivity index (χ0n) is 10.5. The van der Waals surface area contributed by atoms with Gasteiger partial charge in [0, 0.05) is 0 Å². The number of anilines is 2. The Labute approximate surface area is 130 Å². The van der Waals surface area contributed by atoms with Crippen LogP contribution in [0, 0.1) is 11.3 Å². The largest absolute Gasteiger partial charge is 0.350 e. The number of amides is 2. The van der Waals surface area contributed by atoms with Gasteiger partial charge in [0.2, 0.25) is 0 Å². The zero-order chi connectivity index (χ0) is 15.4. The van der Waals surface area contributed by atoms with Gasteiger partial charge in [-0.1, -0.05) is 29.3 Å². The van der Waals surface area contributed by atoms with Crippen LogP contribution in [0.15, 0.2) is 42.5 Å². The van der Waals surface area contributed by atoms with Crippen LogP contribution in [0.25, 0.3) is 0 Å². The van der Waals surface area contributed by atoms with Gasteiger partial charge < -0.3 is 5.32 Å². The Morgan fingerprint density at radius 3 is 2.48 bits per heavy atom. The Balaban J connectivity index is 2.15. The molecule has 0 saturated heterocycles. The maximum Gasteiger partial charge on any atom is 0.350 e. The summed E-state index contributed by atoms with van der Waals surface area (Å²) in [5.41, 5.74) is 0.914. The number of nitrogens with one attached hydrogen (secondary N) is 1. The van der Waals surface area contributed by atoms with Crippen LogP contribution in [0.3, 0.4) is 0 Å². The second-order valence-electron chi connectivity index (χ2n) is 4.00. The van der Waals surface area contributed by atoms with Crippen LogP contribution in [0.4, 0.5) is 16.2 Å². The number of carbonyl (C=O) groups excluding carboxylic acids is 1. The van der Waals surface area contributed by atoms with Gasteiger partial charge in [-0.05, 0) is 36.4 Å². The van der Waals surface area contributed by atoms with Crippen LogP contribution in [0.1, 0.15) is 5.56 Å². The van der Waals surface area contributed by atoms with Crippen molar-refractivity contribution in [3.05, 3.63) is 58.1 Å². The number of carbonyl (C=O) groups is 1. The monoisotopic (exact) mass is 321 g/mol. The van der Waals surface area contributed by atoms with Crippen molar-refractivity contribution in [1.29, 1.82) is 5.26 Å². The molecule has 0 spiro atoms. The van der Waals surface area contributed by atoms with Crippen molar-refractivity contribution < 1.29 is 10.0 Å². The van der Waals surface area contributed by atoms with Crippen LogP contribution in [0.2, 0.25) is 10.0 Å². The average Bonchev–Trinajstić information content (AvgIpc) is 2.51. The van der Waals surface area contributed by atoms with Crippen LogP contribution < -0.4 is 10.4 Å². The third-order valence-electron chi connectivity index (χ3n) is 2.63. The maximum atomic E-state index is 11.9. The van der Waals surface area contributed by atoms with Crippen LogP contribution in [0.5, 0.6) is 0 Å². The fourth-order valence-electron chi connectivity index (χ4n) is 1.56. The minimum absolute atomic E-state index is 0.181. The molecule has 0 atom stereocenters. The van der Waals surface area contributed by atoms with E-state index in [0.717, 1.165) is 0 Å². The van der Waals surface area contributed by atoms with Crippen LogP contribution in [-0.2, 0) is 0 Å². The molecule has 106 valence electrons. The molecule has 2 rings (SSSR count). The molecule has 0 unspecified atom stereocenters. The molecule has 0 bridgehead atoms. The first-order valence-corrected chi connectivity index (χ1v) is 6.52. The summed E-state index contributed by atoms with van der Waals surface area (Å²) < 4.78 is 0. The average molecular weight is 322 g/mol. The van der Waals surface area contributed by atoms with Gasteiger partial charge in [-0.3, -0.25) is 5.21 Å². The minimum Gasteiger partial charge on any atom is -0.304 e. The van der Waals surface area contributed by atoms with Crippen molar-refractivity contribution in [3.63, 3.8) is 0 Å². The highest BCUT2D eigenvalue weighted by molar-refractivity contribution is 6.44. The number of urea groups is 1. The zero-order valence-corrected chi connectivity index (χ0v) is 12.1. The summed E-state index contributed by atoms with van der Waals surface area (Å²) >= 11 is 11.8. The summed E-state index contributed by atoms with van der Waals surface area (Å²) in [6.07, 6.45) is 0. The quantitative estimate of drug-likeness (QED) is 0.639. The van der Waals surface area contributed by atoms with Gasteiger partial charge in [0.1, 0.15) is 0 Å². The van der Waals surface area contributed by atoms with E-state index in [0.29, 0.717) is 10.6 Å². The second-order valence-corrected chi connectivity index (χ2v) is 4.79. The van der Waals surface area contributed by atoms with Gasteiger partial charge in [-0.2, -0.15) is 10.3 Å². The molecule has 0 heterocycles. The first-order valence-electron chi connectivity index (χ1n) is 5.77. The lowest BCUT2D eigenvalue weighted by Crippen LogP contribution is -2.31. The Morgan fingerprint density at radius 1 is 1.19 bits per heavy atom. The fourth-order valence-corrected chi connectivity index (χ4v) is 1.91. The lowest BCUT2D eigenvalue weighted by atomic mass is 10.2. The number of halogens is 2. The van der Waals surface area contributed by atoms with Gasteiger partial charge in [0.25, 0.3) is 0 Å². The Hall–Kier alpha value is -2.26. The van der Waals surface area contributed by atoms with E-state index in [-0.39, 0.29) is 21.4 Å². The van der Waals surface area contributed by atoms with Crippen LogP contribution >= 0.6 is 23.2 Å². The topological polar surface area (TPSA) is 76.4 Å². The van der Waals surface area contributed by atoms with Crippen molar-refractivity contribution in [3.8, 4) is 6.07 Å². The first kappa shape index (κ1) is 15.1. The molecule has 0 radical (unpaired) electrons. The molecule has 0 aromatic heterocycles. The highest BCUT2D eigenvalue weighted by Crippen LogP contribution is 2.29. The Morgan fingerprint density at radius 2 is 1.86 bits per heavy atom. The van der Waals surface area contributed by atoms with Crippen LogP contribution in [-0.4, -0.2) is 11.2 Å². The first-order chi connectivity index (χ1) is 10.0. The van der Waals surface area contributed by atoms with E-state index in [1.54, 1.807) is 18.2 Å². The lowest BCUT2D eigenvalue weighted by molar-refractivity contribution is 0.216. The Bertz CT molecular complexity index is 711. The highest BCUT2D eigenvalue weighted by atomic mass is 35.5. The van der Waals surface area contributed by atoms with Crippen molar-refractivity contribution >= 4 is 40.6 Å². The van der Waals surface area contributed by atoms with E-state index < -0.39 is 6.03 Å². The molecule has 0 aliphatic carbocycles. The molecule has 2 amide bonds. The van der Waals surface area contributed by atoms with Crippen molar-refractivity contribution in [2.45, 2.75) is 0 Å². The molecule has 2 N–H and O–H groups in total. The summed E-state index contributed by atoms with van der Waals surface area (Å²) in [5, 5.41) is 21.9. The van der Waals surface area contributed by atoms with Gasteiger partial charge in [-0.25, -0.2) is 4.79 Å². The third kappa shape index (κ3) is 3.44. The Kier molecular flexibility index (Phi) is 4.66. The summed E-state index contributed by atoms with van der Waals surface area (Å²) in [5.74, 6) is 0. The molecule has 2 aromatic carbocycles. The smallest absolute Gasteiger partial charge is 0.304 e. The molecular formula is C14H9Cl2N3O2. The van der Waals surface area contributed by atoms with E-state index in [1.165, 1.54) is 24.3 Å². The molecule has 5 nitrogen and oxygen atoms in total. The number of nitriles is 1. The minimum atomic E-state index is -0.802. The van der Waals surface area contributed by atoms with Gasteiger partial charge in [-0.15, -0.1) is 0 Å². The van der Waals surface area contributed by atoms with Gasteiger partial charge in [0.05, 0.1) is 33.1 Å². The normalized spacial score (nSPS) is 9.81.